The molecule has 0 aromatic rings. The lowest BCUT2D eigenvalue weighted by molar-refractivity contribution is -0.129. The number of aliphatic hydroxyl groups is 1. The summed E-state index contributed by atoms with van der Waals surface area (Å²) in [5.41, 5.74) is -0.250. The van der Waals surface area contributed by atoms with Gasteiger partial charge in [0.25, 0.3) is 0 Å². The van der Waals surface area contributed by atoms with Crippen molar-refractivity contribution in [1.82, 2.24) is 10.6 Å². The zero-order valence-corrected chi connectivity index (χ0v) is 11.9. The van der Waals surface area contributed by atoms with Crippen molar-refractivity contribution in [3.8, 4) is 0 Å². The summed E-state index contributed by atoms with van der Waals surface area (Å²) in [5, 5.41) is 16.1. The van der Waals surface area contributed by atoms with Crippen molar-refractivity contribution >= 4 is 18.3 Å². The van der Waals surface area contributed by atoms with E-state index in [1.807, 2.05) is 6.92 Å². The molecule has 0 radical (unpaired) electrons. The lowest BCUT2D eigenvalue weighted by Gasteiger charge is -2.29. The van der Waals surface area contributed by atoms with E-state index in [2.05, 4.69) is 10.6 Å². The van der Waals surface area contributed by atoms with Gasteiger partial charge >= 0.3 is 0 Å². The van der Waals surface area contributed by atoms with Crippen molar-refractivity contribution in [2.45, 2.75) is 45.1 Å². The summed E-state index contributed by atoms with van der Waals surface area (Å²) in [5.74, 6) is 0.394. The van der Waals surface area contributed by atoms with Gasteiger partial charge in [-0.3, -0.25) is 4.79 Å². The van der Waals surface area contributed by atoms with Gasteiger partial charge in [0.05, 0.1) is 11.5 Å². The molecule has 3 atom stereocenters. The Balaban J connectivity index is 0.00000162. The molecule has 2 rings (SSSR count). The minimum Gasteiger partial charge on any atom is -0.393 e. The summed E-state index contributed by atoms with van der Waals surface area (Å²) in [6.45, 7) is 4.34. The molecule has 1 aliphatic carbocycles. The first-order chi connectivity index (χ1) is 8.12. The number of nitrogens with one attached hydrogen (secondary N) is 2. The highest BCUT2D eigenvalue weighted by molar-refractivity contribution is 5.85. The van der Waals surface area contributed by atoms with Crippen molar-refractivity contribution in [3.05, 3.63) is 0 Å². The third-order valence-electron chi connectivity index (χ3n) is 4.31. The average molecular weight is 277 g/mol. The van der Waals surface area contributed by atoms with E-state index in [4.69, 9.17) is 0 Å². The molecule has 0 aromatic heterocycles. The summed E-state index contributed by atoms with van der Waals surface area (Å²) in [4.78, 5) is 12.1. The number of halogens is 1. The normalized spacial score (nSPS) is 35.9. The Hall–Kier alpha value is -0.320. The highest BCUT2D eigenvalue weighted by Crippen LogP contribution is 2.26. The van der Waals surface area contributed by atoms with E-state index in [0.717, 1.165) is 38.8 Å². The first-order valence-electron chi connectivity index (χ1n) is 6.79. The van der Waals surface area contributed by atoms with Gasteiger partial charge in [0.2, 0.25) is 5.91 Å². The third kappa shape index (κ3) is 3.59. The number of aliphatic hydroxyl groups excluding tert-OH is 1. The summed E-state index contributed by atoms with van der Waals surface area (Å²) in [7, 11) is 0. The van der Waals surface area contributed by atoms with Crippen LogP contribution in [-0.4, -0.2) is 36.8 Å². The van der Waals surface area contributed by atoms with E-state index in [0.29, 0.717) is 6.54 Å². The number of carbonyl (C=O) groups is 1. The maximum atomic E-state index is 12.1. The molecule has 0 spiro atoms. The minimum absolute atomic E-state index is 0. The van der Waals surface area contributed by atoms with Gasteiger partial charge < -0.3 is 15.7 Å². The first-order valence-corrected chi connectivity index (χ1v) is 6.79. The molecule has 106 valence electrons. The summed E-state index contributed by atoms with van der Waals surface area (Å²) in [6.07, 6.45) is 4.91. The van der Waals surface area contributed by atoms with Crippen molar-refractivity contribution in [3.63, 3.8) is 0 Å². The number of carbonyl (C=O) groups excluding carboxylic acids is 1. The molecule has 0 bridgehead atoms. The van der Waals surface area contributed by atoms with Gasteiger partial charge in [-0.1, -0.05) is 12.8 Å². The van der Waals surface area contributed by atoms with Crippen molar-refractivity contribution < 1.29 is 9.90 Å². The lowest BCUT2D eigenvalue weighted by Crippen LogP contribution is -2.44. The molecule has 0 aromatic carbocycles. The summed E-state index contributed by atoms with van der Waals surface area (Å²) < 4.78 is 0. The molecule has 18 heavy (non-hydrogen) atoms. The van der Waals surface area contributed by atoms with Crippen LogP contribution in [0.25, 0.3) is 0 Å². The average Bonchev–Trinajstić information content (AvgIpc) is 2.76. The maximum Gasteiger partial charge on any atom is 0.227 e. The van der Waals surface area contributed by atoms with Crippen LogP contribution in [0, 0.1) is 11.3 Å². The van der Waals surface area contributed by atoms with Crippen molar-refractivity contribution in [2.75, 3.05) is 19.6 Å². The molecule has 1 heterocycles. The van der Waals surface area contributed by atoms with Gasteiger partial charge in [0.1, 0.15) is 0 Å². The Morgan fingerprint density at radius 1 is 1.44 bits per heavy atom. The Kier molecular flexibility index (Phi) is 5.89. The van der Waals surface area contributed by atoms with Crippen molar-refractivity contribution in [2.24, 2.45) is 11.3 Å². The number of rotatable bonds is 3. The summed E-state index contributed by atoms with van der Waals surface area (Å²) in [6, 6.07) is 0. The van der Waals surface area contributed by atoms with Gasteiger partial charge in [0, 0.05) is 19.0 Å². The Morgan fingerprint density at radius 3 is 2.78 bits per heavy atom. The second kappa shape index (κ2) is 6.73. The Morgan fingerprint density at radius 2 is 2.17 bits per heavy atom. The Bertz CT molecular complexity index is 280. The summed E-state index contributed by atoms with van der Waals surface area (Å²) >= 11 is 0. The molecule has 1 aliphatic heterocycles. The van der Waals surface area contributed by atoms with Crippen molar-refractivity contribution in [1.29, 1.82) is 0 Å². The lowest BCUT2D eigenvalue weighted by atomic mass is 9.85. The van der Waals surface area contributed by atoms with Crippen LogP contribution in [0.2, 0.25) is 0 Å². The minimum atomic E-state index is -0.250. The van der Waals surface area contributed by atoms with Crippen LogP contribution in [0.4, 0.5) is 0 Å². The molecule has 1 saturated heterocycles. The second-order valence-electron chi connectivity index (χ2n) is 5.81. The van der Waals surface area contributed by atoms with E-state index in [1.165, 1.54) is 6.42 Å². The highest BCUT2D eigenvalue weighted by atomic mass is 35.5. The second-order valence-corrected chi connectivity index (χ2v) is 5.81. The molecule has 2 aliphatic rings. The molecular formula is C13H25ClN2O2. The van der Waals surface area contributed by atoms with E-state index >= 15 is 0 Å². The smallest absolute Gasteiger partial charge is 0.227 e. The number of hydrogen-bond donors (Lipinski definition) is 3. The molecule has 3 unspecified atom stereocenters. The fourth-order valence-corrected chi connectivity index (χ4v) is 2.87. The quantitative estimate of drug-likeness (QED) is 0.723. The van der Waals surface area contributed by atoms with Crippen LogP contribution < -0.4 is 10.6 Å². The topological polar surface area (TPSA) is 61.4 Å². The molecule has 2 fully saturated rings. The molecule has 5 heteroatoms. The van der Waals surface area contributed by atoms with Gasteiger partial charge in [-0.2, -0.15) is 0 Å². The van der Waals surface area contributed by atoms with Gasteiger partial charge in [0.15, 0.2) is 0 Å². The molecular weight excluding hydrogens is 252 g/mol. The Labute approximate surface area is 115 Å². The third-order valence-corrected chi connectivity index (χ3v) is 4.31. The molecule has 3 N–H and O–H groups in total. The van der Waals surface area contributed by atoms with Gasteiger partial charge in [-0.05, 0) is 32.7 Å². The SMILES string of the molecule is CC1(C(=O)NCC2CCCCC2O)CCNC1.Cl. The fourth-order valence-electron chi connectivity index (χ4n) is 2.87. The van der Waals surface area contributed by atoms with Gasteiger partial charge in [-0.15, -0.1) is 12.4 Å². The van der Waals surface area contributed by atoms with E-state index in [1.54, 1.807) is 0 Å². The van der Waals surface area contributed by atoms with E-state index < -0.39 is 0 Å². The van der Waals surface area contributed by atoms with Crippen LogP contribution in [0.1, 0.15) is 39.0 Å². The standard InChI is InChI=1S/C13H24N2O2.ClH/c1-13(6-7-14-9-13)12(17)15-8-10-4-2-3-5-11(10)16;/h10-11,14,16H,2-9H2,1H3,(H,15,17);1H. The molecule has 1 amide bonds. The van der Waals surface area contributed by atoms with Crippen LogP contribution in [0.3, 0.4) is 0 Å². The molecule has 4 nitrogen and oxygen atoms in total. The number of hydrogen-bond acceptors (Lipinski definition) is 3. The van der Waals surface area contributed by atoms with Crippen LogP contribution >= 0.6 is 12.4 Å². The monoisotopic (exact) mass is 276 g/mol. The van der Waals surface area contributed by atoms with Crippen LogP contribution in [0.15, 0.2) is 0 Å². The largest absolute Gasteiger partial charge is 0.393 e. The van der Waals surface area contributed by atoms with Crippen LogP contribution in [0.5, 0.6) is 0 Å². The highest BCUT2D eigenvalue weighted by Gasteiger charge is 2.36. The maximum absolute atomic E-state index is 12.1. The zero-order valence-electron chi connectivity index (χ0n) is 11.1. The van der Waals surface area contributed by atoms with Gasteiger partial charge in [-0.25, -0.2) is 0 Å². The molecule has 1 saturated carbocycles. The number of amides is 1. The first kappa shape index (κ1) is 15.7. The van der Waals surface area contributed by atoms with Crippen LogP contribution in [-0.2, 0) is 4.79 Å². The predicted molar refractivity (Wildman–Crippen MR) is 73.8 cm³/mol. The predicted octanol–water partition coefficient (Wildman–Crippen LogP) is 1.08. The zero-order chi connectivity index (χ0) is 12.3. The van der Waals surface area contributed by atoms with E-state index in [-0.39, 0.29) is 35.8 Å². The fraction of sp³-hybridized carbons (Fsp3) is 0.923. The van der Waals surface area contributed by atoms with E-state index in [9.17, 15) is 9.90 Å².